The maximum absolute atomic E-state index is 12.1. The summed E-state index contributed by atoms with van der Waals surface area (Å²) in [5.74, 6) is 0. The monoisotopic (exact) mass is 233 g/mol. The highest BCUT2D eigenvalue weighted by Crippen LogP contribution is 2.21. The standard InChI is InChI=1S/C10H14F3N3/c11-10(12,13)3-6-16-9-2-5-14-4-1-8(9)7-15-16/h7,14H,1-6H2. The van der Waals surface area contributed by atoms with Gasteiger partial charge in [-0.3, -0.25) is 4.68 Å². The highest BCUT2D eigenvalue weighted by atomic mass is 19.4. The normalized spacial score (nSPS) is 16.9. The number of hydrogen-bond donors (Lipinski definition) is 1. The first-order chi connectivity index (χ1) is 7.56. The van der Waals surface area contributed by atoms with Crippen LogP contribution >= 0.6 is 0 Å². The minimum absolute atomic E-state index is 0.0706. The van der Waals surface area contributed by atoms with E-state index in [0.717, 1.165) is 37.2 Å². The molecule has 2 heterocycles. The van der Waals surface area contributed by atoms with Crippen molar-refractivity contribution in [3.63, 3.8) is 0 Å². The van der Waals surface area contributed by atoms with Crippen molar-refractivity contribution in [3.05, 3.63) is 17.5 Å². The van der Waals surface area contributed by atoms with Gasteiger partial charge in [0.25, 0.3) is 0 Å². The molecule has 0 saturated heterocycles. The second kappa shape index (κ2) is 4.45. The lowest BCUT2D eigenvalue weighted by Crippen LogP contribution is -2.18. The van der Waals surface area contributed by atoms with Crippen LogP contribution in [0, 0.1) is 0 Å². The first-order valence-corrected chi connectivity index (χ1v) is 5.37. The number of halogens is 3. The van der Waals surface area contributed by atoms with E-state index >= 15 is 0 Å². The Bertz CT molecular complexity index is 357. The van der Waals surface area contributed by atoms with E-state index in [9.17, 15) is 13.2 Å². The third-order valence-corrected chi connectivity index (χ3v) is 2.75. The molecular weight excluding hydrogens is 219 g/mol. The van der Waals surface area contributed by atoms with Gasteiger partial charge in [-0.2, -0.15) is 18.3 Å². The fraction of sp³-hybridized carbons (Fsp3) is 0.700. The number of nitrogens with zero attached hydrogens (tertiary/aromatic N) is 2. The van der Waals surface area contributed by atoms with Crippen molar-refractivity contribution >= 4 is 0 Å². The number of rotatable bonds is 2. The molecule has 1 aromatic heterocycles. The van der Waals surface area contributed by atoms with Gasteiger partial charge in [0.2, 0.25) is 0 Å². The van der Waals surface area contributed by atoms with E-state index in [1.54, 1.807) is 6.20 Å². The molecular formula is C10H14F3N3. The molecule has 0 aromatic carbocycles. The number of hydrogen-bond acceptors (Lipinski definition) is 2. The first kappa shape index (κ1) is 11.4. The van der Waals surface area contributed by atoms with Gasteiger partial charge in [0, 0.05) is 25.2 Å². The van der Waals surface area contributed by atoms with Crippen LogP contribution in [-0.2, 0) is 19.4 Å². The molecule has 2 rings (SSSR count). The largest absolute Gasteiger partial charge is 0.390 e. The van der Waals surface area contributed by atoms with Crippen LogP contribution in [0.5, 0.6) is 0 Å². The van der Waals surface area contributed by atoms with E-state index in [1.165, 1.54) is 4.68 Å². The van der Waals surface area contributed by atoms with Gasteiger partial charge >= 0.3 is 6.18 Å². The van der Waals surface area contributed by atoms with Gasteiger partial charge in [-0.15, -0.1) is 0 Å². The summed E-state index contributed by atoms with van der Waals surface area (Å²) in [7, 11) is 0. The SMILES string of the molecule is FC(F)(F)CCn1ncc2c1CCNCC2. The van der Waals surface area contributed by atoms with Crippen LogP contribution < -0.4 is 5.32 Å². The Morgan fingerprint density at radius 1 is 1.31 bits per heavy atom. The van der Waals surface area contributed by atoms with E-state index in [0.29, 0.717) is 0 Å². The summed E-state index contributed by atoms with van der Waals surface area (Å²) in [4.78, 5) is 0. The Morgan fingerprint density at radius 2 is 2.06 bits per heavy atom. The van der Waals surface area contributed by atoms with Gasteiger partial charge in [0.1, 0.15) is 0 Å². The smallest absolute Gasteiger partial charge is 0.316 e. The van der Waals surface area contributed by atoms with Crippen LogP contribution in [0.1, 0.15) is 17.7 Å². The van der Waals surface area contributed by atoms with Crippen molar-refractivity contribution in [1.82, 2.24) is 15.1 Å². The summed E-state index contributed by atoms with van der Waals surface area (Å²) >= 11 is 0. The molecule has 0 fully saturated rings. The highest BCUT2D eigenvalue weighted by molar-refractivity contribution is 5.20. The molecule has 0 bridgehead atoms. The molecule has 0 saturated carbocycles. The summed E-state index contributed by atoms with van der Waals surface area (Å²) in [6, 6.07) is 0. The van der Waals surface area contributed by atoms with Crippen molar-refractivity contribution in [2.24, 2.45) is 0 Å². The molecule has 3 nitrogen and oxygen atoms in total. The molecule has 90 valence electrons. The second-order valence-electron chi connectivity index (χ2n) is 3.95. The predicted molar refractivity (Wildman–Crippen MR) is 53.2 cm³/mol. The molecule has 16 heavy (non-hydrogen) atoms. The van der Waals surface area contributed by atoms with Crippen molar-refractivity contribution in [2.75, 3.05) is 13.1 Å². The topological polar surface area (TPSA) is 29.9 Å². The zero-order valence-corrected chi connectivity index (χ0v) is 8.85. The zero-order valence-electron chi connectivity index (χ0n) is 8.85. The summed E-state index contributed by atoms with van der Waals surface area (Å²) in [6.45, 7) is 1.61. The Labute approximate surface area is 91.6 Å². The average molecular weight is 233 g/mol. The minimum atomic E-state index is -4.11. The van der Waals surface area contributed by atoms with Gasteiger partial charge in [-0.1, -0.05) is 0 Å². The van der Waals surface area contributed by atoms with Crippen LogP contribution in [0.15, 0.2) is 6.20 Å². The number of nitrogens with one attached hydrogen (secondary N) is 1. The maximum atomic E-state index is 12.1. The van der Waals surface area contributed by atoms with Crippen LogP contribution in [0.2, 0.25) is 0 Å². The molecule has 1 aromatic rings. The average Bonchev–Trinajstić information content (AvgIpc) is 2.43. The van der Waals surface area contributed by atoms with Crippen LogP contribution in [-0.4, -0.2) is 29.0 Å². The lowest BCUT2D eigenvalue weighted by Gasteiger charge is -2.09. The molecule has 1 N–H and O–H groups in total. The lowest BCUT2D eigenvalue weighted by atomic mass is 10.1. The minimum Gasteiger partial charge on any atom is -0.316 e. The van der Waals surface area contributed by atoms with Crippen molar-refractivity contribution in [2.45, 2.75) is 32.0 Å². The molecule has 0 aliphatic carbocycles. The molecule has 1 aliphatic heterocycles. The molecule has 0 unspecified atom stereocenters. The first-order valence-electron chi connectivity index (χ1n) is 5.37. The summed E-state index contributed by atoms with van der Waals surface area (Å²) in [6.07, 6.45) is -1.62. The molecule has 1 aliphatic rings. The lowest BCUT2D eigenvalue weighted by molar-refractivity contribution is -0.137. The van der Waals surface area contributed by atoms with Gasteiger partial charge in [-0.05, 0) is 18.5 Å². The van der Waals surface area contributed by atoms with Gasteiger partial charge in [0.15, 0.2) is 0 Å². The zero-order chi connectivity index (χ0) is 11.6. The van der Waals surface area contributed by atoms with E-state index in [-0.39, 0.29) is 6.54 Å². The molecule has 0 atom stereocenters. The van der Waals surface area contributed by atoms with Crippen LogP contribution in [0.25, 0.3) is 0 Å². The second-order valence-corrected chi connectivity index (χ2v) is 3.95. The van der Waals surface area contributed by atoms with Crippen molar-refractivity contribution in [3.8, 4) is 0 Å². The fourth-order valence-electron chi connectivity index (χ4n) is 1.93. The van der Waals surface area contributed by atoms with Crippen molar-refractivity contribution < 1.29 is 13.2 Å². The molecule has 0 spiro atoms. The Morgan fingerprint density at radius 3 is 2.81 bits per heavy atom. The molecule has 6 heteroatoms. The number of fused-ring (bicyclic) bond motifs is 1. The third-order valence-electron chi connectivity index (χ3n) is 2.75. The maximum Gasteiger partial charge on any atom is 0.390 e. The highest BCUT2D eigenvalue weighted by Gasteiger charge is 2.27. The van der Waals surface area contributed by atoms with Gasteiger partial charge in [0.05, 0.1) is 12.6 Å². The summed E-state index contributed by atoms with van der Waals surface area (Å²) in [5.41, 5.74) is 2.03. The van der Waals surface area contributed by atoms with E-state index in [2.05, 4.69) is 10.4 Å². The van der Waals surface area contributed by atoms with Gasteiger partial charge < -0.3 is 5.32 Å². The fourth-order valence-corrected chi connectivity index (χ4v) is 1.93. The van der Waals surface area contributed by atoms with E-state index in [4.69, 9.17) is 0 Å². The number of aromatic nitrogens is 2. The van der Waals surface area contributed by atoms with Crippen LogP contribution in [0.4, 0.5) is 13.2 Å². The summed E-state index contributed by atoms with van der Waals surface area (Å²) < 4.78 is 37.8. The Kier molecular flexibility index (Phi) is 3.18. The van der Waals surface area contributed by atoms with E-state index in [1.807, 2.05) is 0 Å². The van der Waals surface area contributed by atoms with Crippen molar-refractivity contribution in [1.29, 1.82) is 0 Å². The third kappa shape index (κ3) is 2.75. The Hall–Kier alpha value is -1.04. The summed E-state index contributed by atoms with van der Waals surface area (Å²) in [5, 5.41) is 7.25. The Balaban J connectivity index is 2.07. The predicted octanol–water partition coefficient (Wildman–Crippen LogP) is 1.52. The number of aryl methyl sites for hydroxylation is 1. The number of alkyl halides is 3. The van der Waals surface area contributed by atoms with Crippen LogP contribution in [0.3, 0.4) is 0 Å². The van der Waals surface area contributed by atoms with E-state index < -0.39 is 12.6 Å². The quantitative estimate of drug-likeness (QED) is 0.839. The molecule has 0 amide bonds. The van der Waals surface area contributed by atoms with Gasteiger partial charge in [-0.25, -0.2) is 0 Å². The molecule has 0 radical (unpaired) electrons.